The monoisotopic (exact) mass is 344 g/mol. The normalized spacial score (nSPS) is 27.6. The van der Waals surface area contributed by atoms with Gasteiger partial charge in [-0.1, -0.05) is 12.8 Å². The maximum atomic E-state index is 13.3. The number of fused-ring (bicyclic) bond motifs is 1. The number of aromatic nitrogens is 3. The summed E-state index contributed by atoms with van der Waals surface area (Å²) in [5.74, 6) is 0.0747. The van der Waals surface area contributed by atoms with Crippen LogP contribution in [0.3, 0.4) is 0 Å². The molecule has 134 valence electrons. The zero-order valence-corrected chi connectivity index (χ0v) is 14.2. The zero-order valence-electron chi connectivity index (χ0n) is 14.2. The first-order valence-corrected chi connectivity index (χ1v) is 9.21. The van der Waals surface area contributed by atoms with Crippen LogP contribution in [0, 0.1) is 5.92 Å². The molecule has 2 fully saturated rings. The fourth-order valence-electron chi connectivity index (χ4n) is 4.51. The highest BCUT2D eigenvalue weighted by atomic mass is 16.3. The van der Waals surface area contributed by atoms with E-state index in [2.05, 4.69) is 15.0 Å². The van der Waals surface area contributed by atoms with E-state index in [4.69, 9.17) is 0 Å². The molecule has 1 aliphatic heterocycles. The number of amides is 1. The summed E-state index contributed by atoms with van der Waals surface area (Å²) in [5, 5.41) is 10.5. The lowest BCUT2D eigenvalue weighted by Gasteiger charge is -2.43. The minimum atomic E-state index is -0.361. The van der Waals surface area contributed by atoms with Crippen molar-refractivity contribution in [2.45, 2.75) is 57.1 Å². The number of rotatable bonds is 2. The number of nitrogens with one attached hydrogen (secondary N) is 2. The van der Waals surface area contributed by atoms with Crippen molar-refractivity contribution in [3.8, 4) is 0 Å². The van der Waals surface area contributed by atoms with E-state index in [-0.39, 0.29) is 29.7 Å². The Hall–Kier alpha value is -2.15. The number of likely N-dealkylation sites (tertiary alicyclic amines) is 1. The molecule has 3 unspecified atom stereocenters. The van der Waals surface area contributed by atoms with Crippen molar-refractivity contribution in [1.82, 2.24) is 19.9 Å². The Bertz CT molecular complexity index is 827. The first-order chi connectivity index (χ1) is 12.1. The van der Waals surface area contributed by atoms with E-state index in [9.17, 15) is 14.7 Å². The topological polar surface area (TPSA) is 102 Å². The van der Waals surface area contributed by atoms with Crippen LogP contribution >= 0.6 is 0 Å². The molecular weight excluding hydrogens is 320 g/mol. The van der Waals surface area contributed by atoms with Crippen LogP contribution in [-0.2, 0) is 0 Å². The average molecular weight is 344 g/mol. The Morgan fingerprint density at radius 1 is 1.16 bits per heavy atom. The van der Waals surface area contributed by atoms with E-state index < -0.39 is 0 Å². The molecule has 0 radical (unpaired) electrons. The van der Waals surface area contributed by atoms with Crippen molar-refractivity contribution in [3.63, 3.8) is 0 Å². The third-order valence-corrected chi connectivity index (χ3v) is 5.74. The molecule has 2 aromatic rings. The van der Waals surface area contributed by atoms with Crippen molar-refractivity contribution >= 4 is 17.1 Å². The molecule has 7 nitrogen and oxygen atoms in total. The van der Waals surface area contributed by atoms with E-state index in [1.807, 2.05) is 4.90 Å². The first-order valence-electron chi connectivity index (χ1n) is 9.21. The fraction of sp³-hybridized carbons (Fsp3) is 0.611. The van der Waals surface area contributed by atoms with Crippen molar-refractivity contribution in [3.05, 3.63) is 28.3 Å². The average Bonchev–Trinajstić information content (AvgIpc) is 3.02. The van der Waals surface area contributed by atoms with Crippen LogP contribution in [0.2, 0.25) is 0 Å². The van der Waals surface area contributed by atoms with Gasteiger partial charge in [0, 0.05) is 24.7 Å². The van der Waals surface area contributed by atoms with Gasteiger partial charge in [0.05, 0.1) is 17.2 Å². The highest BCUT2D eigenvalue weighted by molar-refractivity contribution is 6.04. The number of aliphatic hydroxyl groups is 1. The summed E-state index contributed by atoms with van der Waals surface area (Å²) in [4.78, 5) is 36.2. The minimum absolute atomic E-state index is 0.0745. The highest BCUT2D eigenvalue weighted by Gasteiger charge is 2.38. The summed E-state index contributed by atoms with van der Waals surface area (Å²) < 4.78 is 0. The second-order valence-electron chi connectivity index (χ2n) is 7.24. The maximum Gasteiger partial charge on any atom is 0.325 e. The standard InChI is InChI=1S/C18H24N4O3/c23-14-7-2-1-5-11(14)13-6-3-4-10-22(13)17(24)12-8-9-19-16-15(12)20-18(25)21-16/h8-9,11,13-14,23H,1-7,10H2,(H2,19,20,21,25). The number of hydrogen-bond donors (Lipinski definition) is 3. The van der Waals surface area contributed by atoms with E-state index >= 15 is 0 Å². The van der Waals surface area contributed by atoms with Gasteiger partial charge >= 0.3 is 5.69 Å². The largest absolute Gasteiger partial charge is 0.393 e. The second-order valence-corrected chi connectivity index (χ2v) is 7.24. The predicted octanol–water partition coefficient (Wildman–Crippen LogP) is 1.80. The predicted molar refractivity (Wildman–Crippen MR) is 93.4 cm³/mol. The van der Waals surface area contributed by atoms with Crippen molar-refractivity contribution in [2.24, 2.45) is 5.92 Å². The van der Waals surface area contributed by atoms with Crippen molar-refractivity contribution in [1.29, 1.82) is 0 Å². The summed E-state index contributed by atoms with van der Waals surface area (Å²) in [6.45, 7) is 0.700. The Morgan fingerprint density at radius 3 is 2.80 bits per heavy atom. The van der Waals surface area contributed by atoms with Gasteiger partial charge in [-0.15, -0.1) is 0 Å². The van der Waals surface area contributed by atoms with E-state index in [0.717, 1.165) is 44.9 Å². The third-order valence-electron chi connectivity index (χ3n) is 5.74. The molecule has 7 heteroatoms. The Balaban J connectivity index is 1.67. The number of nitrogens with zero attached hydrogens (tertiary/aromatic N) is 2. The number of carbonyl (C=O) groups excluding carboxylic acids is 1. The zero-order chi connectivity index (χ0) is 17.4. The van der Waals surface area contributed by atoms with Crippen LogP contribution in [0.1, 0.15) is 55.3 Å². The SMILES string of the molecule is O=C(c1ccnc2[nH]c(=O)[nH]c12)N1CCCCC1C1CCCCC1O. The first kappa shape index (κ1) is 16.3. The minimum Gasteiger partial charge on any atom is -0.393 e. The van der Waals surface area contributed by atoms with Gasteiger partial charge in [0.15, 0.2) is 5.65 Å². The molecule has 1 aliphatic carbocycles. The highest BCUT2D eigenvalue weighted by Crippen LogP contribution is 2.35. The number of aromatic amines is 2. The summed E-state index contributed by atoms with van der Waals surface area (Å²) in [6.07, 6.45) is 8.21. The lowest BCUT2D eigenvalue weighted by molar-refractivity contribution is -0.00120. The quantitative estimate of drug-likeness (QED) is 0.773. The van der Waals surface area contributed by atoms with Crippen LogP contribution < -0.4 is 5.69 Å². The fourth-order valence-corrected chi connectivity index (χ4v) is 4.51. The molecule has 25 heavy (non-hydrogen) atoms. The number of pyridine rings is 1. The third kappa shape index (κ3) is 2.97. The summed E-state index contributed by atoms with van der Waals surface area (Å²) in [6, 6.07) is 1.74. The molecule has 0 spiro atoms. The number of hydrogen-bond acceptors (Lipinski definition) is 4. The van der Waals surface area contributed by atoms with Gasteiger partial charge < -0.3 is 15.0 Å². The van der Waals surface area contributed by atoms with Crippen LogP contribution in [0.15, 0.2) is 17.1 Å². The molecule has 4 rings (SSSR count). The Labute approximate surface area is 145 Å². The van der Waals surface area contributed by atoms with Gasteiger partial charge in [-0.05, 0) is 38.2 Å². The van der Waals surface area contributed by atoms with Gasteiger partial charge in [0.1, 0.15) is 0 Å². The lowest BCUT2D eigenvalue weighted by Crippen LogP contribution is -2.51. The molecule has 1 saturated carbocycles. The smallest absolute Gasteiger partial charge is 0.325 e. The number of imidazole rings is 1. The summed E-state index contributed by atoms with van der Waals surface area (Å²) in [5.41, 5.74) is 0.981. The maximum absolute atomic E-state index is 13.3. The number of carbonyl (C=O) groups is 1. The molecule has 0 aromatic carbocycles. The van der Waals surface area contributed by atoms with Gasteiger partial charge in [0.2, 0.25) is 0 Å². The molecule has 3 heterocycles. The van der Waals surface area contributed by atoms with Gasteiger partial charge in [-0.25, -0.2) is 9.78 Å². The number of aliphatic hydroxyl groups excluding tert-OH is 1. The molecule has 1 saturated heterocycles. The van der Waals surface area contributed by atoms with E-state index in [1.54, 1.807) is 12.3 Å². The molecule has 2 aliphatic rings. The van der Waals surface area contributed by atoms with Crippen molar-refractivity contribution < 1.29 is 9.90 Å². The summed E-state index contributed by atoms with van der Waals surface area (Å²) in [7, 11) is 0. The van der Waals surface area contributed by atoms with Crippen LogP contribution in [0.5, 0.6) is 0 Å². The van der Waals surface area contributed by atoms with Crippen LogP contribution in [0.25, 0.3) is 11.2 Å². The second kappa shape index (κ2) is 6.63. The van der Waals surface area contributed by atoms with Crippen LogP contribution in [0.4, 0.5) is 0 Å². The number of H-pyrrole nitrogens is 2. The molecule has 3 atom stereocenters. The van der Waals surface area contributed by atoms with E-state index in [1.165, 1.54) is 0 Å². The van der Waals surface area contributed by atoms with Gasteiger partial charge in [0.25, 0.3) is 5.91 Å². The molecule has 2 aromatic heterocycles. The lowest BCUT2D eigenvalue weighted by atomic mass is 9.78. The van der Waals surface area contributed by atoms with E-state index in [0.29, 0.717) is 23.3 Å². The Morgan fingerprint density at radius 2 is 1.96 bits per heavy atom. The summed E-state index contributed by atoms with van der Waals surface area (Å²) >= 11 is 0. The molecular formula is C18H24N4O3. The molecule has 0 bridgehead atoms. The molecule has 1 amide bonds. The molecule has 3 N–H and O–H groups in total. The van der Waals surface area contributed by atoms with Gasteiger partial charge in [-0.2, -0.15) is 0 Å². The Kier molecular flexibility index (Phi) is 4.33. The van der Waals surface area contributed by atoms with Crippen LogP contribution in [-0.4, -0.2) is 49.6 Å². The van der Waals surface area contributed by atoms with Gasteiger partial charge in [-0.3, -0.25) is 9.78 Å². The van der Waals surface area contributed by atoms with Crippen molar-refractivity contribution in [2.75, 3.05) is 6.54 Å². The number of piperidine rings is 1.